The lowest BCUT2D eigenvalue weighted by molar-refractivity contribution is -0.189. The Bertz CT molecular complexity index is 1810. The monoisotopic (exact) mass is 633 g/mol. The Balaban J connectivity index is 1.58. The average Bonchev–Trinajstić information content (AvgIpc) is 3.29. The van der Waals surface area contributed by atoms with E-state index >= 15 is 0 Å². The van der Waals surface area contributed by atoms with Crippen molar-refractivity contribution in [3.05, 3.63) is 99.0 Å². The average molecular weight is 634 g/mol. The summed E-state index contributed by atoms with van der Waals surface area (Å²) in [5, 5.41) is 5.11. The van der Waals surface area contributed by atoms with Crippen LogP contribution in [-0.4, -0.2) is 36.6 Å². The lowest BCUT2D eigenvalue weighted by Gasteiger charge is -2.20. The van der Waals surface area contributed by atoms with Crippen LogP contribution in [0.4, 0.5) is 13.2 Å². The SMILES string of the molecule is CCn1c(COCc2ccccc2)nn(-c2cc(O[C@@H](C)C(F)(F)F)c3c(Oc4cc(Cl)ncc4Cl)nccc3c2)c1=O. The van der Waals surface area contributed by atoms with E-state index in [9.17, 15) is 18.0 Å². The largest absolute Gasteiger partial charge is 0.480 e. The molecule has 0 aliphatic rings. The van der Waals surface area contributed by atoms with Crippen molar-refractivity contribution in [2.24, 2.45) is 0 Å². The van der Waals surface area contributed by atoms with Gasteiger partial charge in [0.1, 0.15) is 22.5 Å². The zero-order valence-electron chi connectivity index (χ0n) is 22.8. The van der Waals surface area contributed by atoms with Crippen molar-refractivity contribution in [3.8, 4) is 23.1 Å². The van der Waals surface area contributed by atoms with Crippen LogP contribution in [0.3, 0.4) is 0 Å². The predicted octanol–water partition coefficient (Wildman–Crippen LogP) is 7.14. The summed E-state index contributed by atoms with van der Waals surface area (Å²) in [6.07, 6.45) is -4.23. The van der Waals surface area contributed by atoms with Crippen molar-refractivity contribution >= 4 is 34.0 Å². The predicted molar refractivity (Wildman–Crippen MR) is 154 cm³/mol. The van der Waals surface area contributed by atoms with E-state index in [1.165, 1.54) is 29.1 Å². The van der Waals surface area contributed by atoms with Gasteiger partial charge in [-0.1, -0.05) is 53.5 Å². The molecule has 0 fully saturated rings. The van der Waals surface area contributed by atoms with Gasteiger partial charge < -0.3 is 14.2 Å². The molecule has 1 atom stereocenters. The standard InChI is InChI=1S/C29H24Cl2F3N5O4/c1-3-38-25(16-41-15-18-7-5-4-6-8-18)37-39(28(38)40)20-11-19-9-10-35-27(43-22-13-24(31)36-14-21(22)30)26(19)23(12-20)42-17(2)29(32,33)34/h4-14,17H,3,15-16H2,1-2H3/t17-/m0/s1. The summed E-state index contributed by atoms with van der Waals surface area (Å²) in [7, 11) is 0. The Morgan fingerprint density at radius 3 is 2.49 bits per heavy atom. The lowest BCUT2D eigenvalue weighted by atomic mass is 10.1. The second-order valence-electron chi connectivity index (χ2n) is 9.33. The molecule has 3 aromatic heterocycles. The van der Waals surface area contributed by atoms with Crippen LogP contribution < -0.4 is 15.2 Å². The molecule has 2 aromatic carbocycles. The number of aromatic nitrogens is 5. The fourth-order valence-corrected chi connectivity index (χ4v) is 4.51. The zero-order chi connectivity index (χ0) is 30.7. The number of hydrogen-bond donors (Lipinski definition) is 0. The first-order valence-corrected chi connectivity index (χ1v) is 13.8. The first kappa shape index (κ1) is 30.3. The highest BCUT2D eigenvalue weighted by atomic mass is 35.5. The van der Waals surface area contributed by atoms with Crippen molar-refractivity contribution in [2.45, 2.75) is 45.9 Å². The van der Waals surface area contributed by atoms with E-state index in [4.69, 9.17) is 37.4 Å². The van der Waals surface area contributed by atoms with Gasteiger partial charge in [0.15, 0.2) is 17.7 Å². The van der Waals surface area contributed by atoms with Crippen LogP contribution in [0, 0.1) is 0 Å². The molecule has 0 amide bonds. The number of pyridine rings is 2. The molecule has 5 aromatic rings. The molecule has 5 rings (SSSR count). The first-order chi connectivity index (χ1) is 20.5. The number of ether oxygens (including phenoxy) is 3. The number of benzene rings is 2. The Labute approximate surface area is 253 Å². The lowest BCUT2D eigenvalue weighted by Crippen LogP contribution is -2.31. The summed E-state index contributed by atoms with van der Waals surface area (Å²) >= 11 is 12.2. The van der Waals surface area contributed by atoms with Crippen molar-refractivity contribution in [2.75, 3.05) is 0 Å². The molecule has 0 radical (unpaired) electrons. The van der Waals surface area contributed by atoms with E-state index < -0.39 is 18.0 Å². The minimum absolute atomic E-state index is 0.0319. The van der Waals surface area contributed by atoms with Gasteiger partial charge in [-0.05, 0) is 36.9 Å². The molecule has 0 aliphatic heterocycles. The molecule has 43 heavy (non-hydrogen) atoms. The Kier molecular flexibility index (Phi) is 8.90. The molecule has 3 heterocycles. The summed E-state index contributed by atoms with van der Waals surface area (Å²) in [5.74, 6) is 0.0896. The first-order valence-electron chi connectivity index (χ1n) is 13.0. The van der Waals surface area contributed by atoms with Crippen LogP contribution in [-0.2, 0) is 24.5 Å². The maximum Gasteiger partial charge on any atom is 0.425 e. The summed E-state index contributed by atoms with van der Waals surface area (Å²) < 4.78 is 60.4. The third kappa shape index (κ3) is 6.76. The number of rotatable bonds is 10. The maximum atomic E-state index is 13.6. The van der Waals surface area contributed by atoms with Gasteiger partial charge in [-0.25, -0.2) is 14.8 Å². The second kappa shape index (κ2) is 12.6. The van der Waals surface area contributed by atoms with E-state index in [2.05, 4.69) is 15.1 Å². The van der Waals surface area contributed by atoms with Gasteiger partial charge in [0.2, 0.25) is 5.88 Å². The quantitative estimate of drug-likeness (QED) is 0.151. The van der Waals surface area contributed by atoms with Crippen LogP contribution in [0.1, 0.15) is 25.2 Å². The van der Waals surface area contributed by atoms with Gasteiger partial charge in [0.05, 0.1) is 23.9 Å². The minimum atomic E-state index is -4.68. The minimum Gasteiger partial charge on any atom is -0.480 e. The highest BCUT2D eigenvalue weighted by Crippen LogP contribution is 2.40. The molecular formula is C29H24Cl2F3N5O4. The highest BCUT2D eigenvalue weighted by molar-refractivity contribution is 6.33. The highest BCUT2D eigenvalue weighted by Gasteiger charge is 2.38. The molecule has 0 spiro atoms. The molecule has 14 heteroatoms. The summed E-state index contributed by atoms with van der Waals surface area (Å²) in [6, 6.07) is 15.2. The molecular weight excluding hydrogens is 610 g/mol. The van der Waals surface area contributed by atoms with Gasteiger partial charge in [0, 0.05) is 24.9 Å². The van der Waals surface area contributed by atoms with Crippen LogP contribution in [0.15, 0.2) is 71.8 Å². The van der Waals surface area contributed by atoms with Crippen molar-refractivity contribution in [1.82, 2.24) is 24.3 Å². The number of alkyl halides is 3. The number of hydrogen-bond acceptors (Lipinski definition) is 7. The Morgan fingerprint density at radius 2 is 1.77 bits per heavy atom. The molecule has 0 saturated carbocycles. The van der Waals surface area contributed by atoms with E-state index in [1.54, 1.807) is 19.1 Å². The van der Waals surface area contributed by atoms with E-state index in [-0.39, 0.29) is 45.2 Å². The van der Waals surface area contributed by atoms with Crippen LogP contribution in [0.2, 0.25) is 10.2 Å². The summed E-state index contributed by atoms with van der Waals surface area (Å²) in [4.78, 5) is 21.4. The number of nitrogens with zero attached hydrogens (tertiary/aromatic N) is 5. The van der Waals surface area contributed by atoms with Gasteiger partial charge in [-0.2, -0.15) is 17.9 Å². The second-order valence-corrected chi connectivity index (χ2v) is 10.1. The van der Waals surface area contributed by atoms with Crippen LogP contribution >= 0.6 is 23.2 Å². The molecule has 0 unspecified atom stereocenters. The summed E-state index contributed by atoms with van der Waals surface area (Å²) in [5.41, 5.74) is 0.614. The Morgan fingerprint density at radius 1 is 1.00 bits per heavy atom. The molecule has 0 N–H and O–H groups in total. The molecule has 9 nitrogen and oxygen atoms in total. The van der Waals surface area contributed by atoms with Crippen molar-refractivity contribution in [3.63, 3.8) is 0 Å². The van der Waals surface area contributed by atoms with Gasteiger partial charge in [0.25, 0.3) is 0 Å². The number of fused-ring (bicyclic) bond motifs is 1. The van der Waals surface area contributed by atoms with Crippen LogP contribution in [0.5, 0.6) is 17.4 Å². The maximum absolute atomic E-state index is 13.6. The Hall–Kier alpha value is -4.13. The third-order valence-corrected chi connectivity index (χ3v) is 6.87. The van der Waals surface area contributed by atoms with Gasteiger partial charge >= 0.3 is 11.9 Å². The van der Waals surface area contributed by atoms with Crippen molar-refractivity contribution < 1.29 is 27.4 Å². The topological polar surface area (TPSA) is 93.3 Å². The van der Waals surface area contributed by atoms with E-state index in [0.29, 0.717) is 24.4 Å². The van der Waals surface area contributed by atoms with Crippen LogP contribution in [0.25, 0.3) is 16.5 Å². The fraction of sp³-hybridized carbons (Fsp3) is 0.241. The zero-order valence-corrected chi connectivity index (χ0v) is 24.3. The van der Waals surface area contributed by atoms with Gasteiger partial charge in [-0.15, -0.1) is 5.10 Å². The van der Waals surface area contributed by atoms with E-state index in [0.717, 1.165) is 17.2 Å². The molecule has 0 bridgehead atoms. The summed E-state index contributed by atoms with van der Waals surface area (Å²) in [6.45, 7) is 3.28. The van der Waals surface area contributed by atoms with Gasteiger partial charge in [-0.3, -0.25) is 4.57 Å². The number of halogens is 5. The fourth-order valence-electron chi connectivity index (χ4n) is 4.22. The third-order valence-electron chi connectivity index (χ3n) is 6.38. The van der Waals surface area contributed by atoms with E-state index in [1.807, 2.05) is 30.3 Å². The normalized spacial score (nSPS) is 12.4. The molecule has 0 aliphatic carbocycles. The smallest absolute Gasteiger partial charge is 0.425 e. The molecule has 224 valence electrons. The van der Waals surface area contributed by atoms with Crippen molar-refractivity contribution in [1.29, 1.82) is 0 Å². The molecule has 0 saturated heterocycles.